The molecule has 15 atom stereocenters. The van der Waals surface area contributed by atoms with Gasteiger partial charge in [-0.1, -0.05) is 0 Å². The van der Waals surface area contributed by atoms with Crippen LogP contribution in [0.15, 0.2) is 0 Å². The van der Waals surface area contributed by atoms with Crippen LogP contribution < -0.4 is 0 Å². The molecule has 15 unspecified atom stereocenters. The van der Waals surface area contributed by atoms with Gasteiger partial charge in [-0.25, -0.2) is 4.79 Å². The average molecular weight is 621 g/mol. The molecule has 3 aliphatic heterocycles. The van der Waals surface area contributed by atoms with E-state index in [2.05, 4.69) is 0 Å². The summed E-state index contributed by atoms with van der Waals surface area (Å²) >= 11 is 0. The van der Waals surface area contributed by atoms with Crippen LogP contribution in [0.2, 0.25) is 0 Å². The van der Waals surface area contributed by atoms with E-state index in [9.17, 15) is 40.2 Å². The maximum atomic E-state index is 12.2. The smallest absolute Gasteiger partial charge is 0.332 e. The van der Waals surface area contributed by atoms with E-state index in [0.717, 1.165) is 0 Å². The maximum Gasteiger partial charge on any atom is 0.332 e. The predicted octanol–water partition coefficient (Wildman–Crippen LogP) is -2.06. The van der Waals surface area contributed by atoms with Crippen LogP contribution in [0.5, 0.6) is 0 Å². The minimum Gasteiger partial charge on any atom is -0.479 e. The number of rotatable bonds is 8. The van der Waals surface area contributed by atoms with Gasteiger partial charge in [0.05, 0.1) is 42.7 Å². The molecule has 5 aliphatic rings. The Morgan fingerprint density at radius 2 is 1.42 bits per heavy atom. The molecule has 2 aliphatic carbocycles. The largest absolute Gasteiger partial charge is 0.479 e. The fourth-order valence-electron chi connectivity index (χ4n) is 7.77. The number of methoxy groups -OCH3 is 2. The van der Waals surface area contributed by atoms with Crippen molar-refractivity contribution in [1.82, 2.24) is 0 Å². The van der Waals surface area contributed by atoms with Gasteiger partial charge in [-0.15, -0.1) is 0 Å². The van der Waals surface area contributed by atoms with Crippen LogP contribution in [0.4, 0.5) is 0 Å². The van der Waals surface area contributed by atoms with Gasteiger partial charge in [0.2, 0.25) is 0 Å². The van der Waals surface area contributed by atoms with Crippen molar-refractivity contribution in [2.75, 3.05) is 20.8 Å². The van der Waals surface area contributed by atoms with Crippen LogP contribution in [0.1, 0.15) is 39.0 Å². The van der Waals surface area contributed by atoms with E-state index in [1.807, 2.05) is 0 Å². The standard InChI is InChI=1S/C28H44O15/c1-10(29)39-9-19-22(32)23(33)24(34)28(42-19)43-26-13-8-18(27(35)36)40-14-6-12(30)7-15(20(13)14)41-25(26)11-4-16(37-2)21(31)17(5-11)38-3/h11-26,28,30-34H,4-9H2,1-3H3,(H,35,36). The van der Waals surface area contributed by atoms with E-state index in [-0.39, 0.29) is 24.7 Å². The number of hydrogen-bond donors (Lipinski definition) is 6. The zero-order chi connectivity index (χ0) is 31.2. The van der Waals surface area contributed by atoms with Crippen LogP contribution in [0.3, 0.4) is 0 Å². The number of hydrogen-bond acceptors (Lipinski definition) is 14. The van der Waals surface area contributed by atoms with Crippen molar-refractivity contribution in [1.29, 1.82) is 0 Å². The second-order valence-electron chi connectivity index (χ2n) is 12.4. The Kier molecular flexibility index (Phi) is 10.3. The zero-order valence-electron chi connectivity index (χ0n) is 24.4. The number of aliphatic hydroxyl groups excluding tert-OH is 5. The minimum absolute atomic E-state index is 0.0508. The molecule has 0 spiro atoms. The van der Waals surface area contributed by atoms with Gasteiger partial charge < -0.3 is 63.8 Å². The number of carbonyl (C=O) groups is 2. The van der Waals surface area contributed by atoms with Crippen LogP contribution in [0.25, 0.3) is 0 Å². The summed E-state index contributed by atoms with van der Waals surface area (Å²) in [5.74, 6) is -2.96. The van der Waals surface area contributed by atoms with Crippen molar-refractivity contribution >= 4 is 11.9 Å². The summed E-state index contributed by atoms with van der Waals surface area (Å²) in [5.41, 5.74) is 0. The van der Waals surface area contributed by atoms with Gasteiger partial charge >= 0.3 is 11.9 Å². The Balaban J connectivity index is 1.49. The first-order valence-corrected chi connectivity index (χ1v) is 14.9. The Labute approximate surface area is 248 Å². The van der Waals surface area contributed by atoms with Crippen LogP contribution in [0, 0.1) is 17.8 Å². The maximum absolute atomic E-state index is 12.2. The number of carboxylic acids is 1. The molecule has 3 heterocycles. The van der Waals surface area contributed by atoms with E-state index < -0.39 is 110 Å². The molecule has 43 heavy (non-hydrogen) atoms. The van der Waals surface area contributed by atoms with E-state index in [0.29, 0.717) is 19.3 Å². The summed E-state index contributed by atoms with van der Waals surface area (Å²) in [4.78, 5) is 23.6. The zero-order valence-corrected chi connectivity index (χ0v) is 24.4. The van der Waals surface area contributed by atoms with Gasteiger partial charge in [-0.3, -0.25) is 4.79 Å². The monoisotopic (exact) mass is 620 g/mol. The molecular formula is C28H44O15. The highest BCUT2D eigenvalue weighted by Gasteiger charge is 2.60. The molecule has 15 nitrogen and oxygen atoms in total. The first-order valence-electron chi connectivity index (χ1n) is 14.9. The van der Waals surface area contributed by atoms with E-state index in [4.69, 9.17) is 33.2 Å². The molecule has 0 aromatic heterocycles. The summed E-state index contributed by atoms with van der Waals surface area (Å²) in [6, 6.07) is 0. The topological polar surface area (TPSA) is 220 Å². The Bertz CT molecular complexity index is 968. The lowest BCUT2D eigenvalue weighted by molar-refractivity contribution is -0.351. The van der Waals surface area contributed by atoms with Crippen molar-refractivity contribution in [2.45, 2.75) is 125 Å². The first kappa shape index (κ1) is 32.9. The first-order chi connectivity index (χ1) is 20.4. The average Bonchev–Trinajstić information content (AvgIpc) is 2.97. The summed E-state index contributed by atoms with van der Waals surface area (Å²) in [5, 5.41) is 63.4. The highest BCUT2D eigenvalue weighted by molar-refractivity contribution is 5.72. The quantitative estimate of drug-likeness (QED) is 0.161. The molecule has 0 amide bonds. The molecular weight excluding hydrogens is 576 g/mol. The van der Waals surface area contributed by atoms with Gasteiger partial charge in [0.1, 0.15) is 37.1 Å². The highest BCUT2D eigenvalue weighted by atomic mass is 16.7. The third-order valence-electron chi connectivity index (χ3n) is 9.85. The number of carboxylic acid groups (broad SMARTS) is 1. The number of aliphatic carboxylic acids is 1. The lowest BCUT2D eigenvalue weighted by Crippen LogP contribution is -2.67. The Hall–Kier alpha value is -1.50. The number of ether oxygens (including phenoxy) is 7. The number of esters is 1. The van der Waals surface area contributed by atoms with Gasteiger partial charge in [0, 0.05) is 33.5 Å². The lowest BCUT2D eigenvalue weighted by Gasteiger charge is -2.58. The summed E-state index contributed by atoms with van der Waals surface area (Å²) in [6.45, 7) is 0.775. The van der Waals surface area contributed by atoms with Crippen LogP contribution in [-0.2, 0) is 42.7 Å². The molecule has 15 heteroatoms. The van der Waals surface area contributed by atoms with E-state index >= 15 is 0 Å². The molecule has 0 bridgehead atoms. The summed E-state index contributed by atoms with van der Waals surface area (Å²) in [6.07, 6.45) is -13.3. The fraction of sp³-hybridized carbons (Fsp3) is 0.929. The Morgan fingerprint density at radius 3 is 2.00 bits per heavy atom. The molecule has 0 aromatic rings. The summed E-state index contributed by atoms with van der Waals surface area (Å²) in [7, 11) is 2.96. The lowest BCUT2D eigenvalue weighted by atomic mass is 9.64. The van der Waals surface area contributed by atoms with Crippen molar-refractivity contribution in [3.8, 4) is 0 Å². The van der Waals surface area contributed by atoms with Gasteiger partial charge in [0.25, 0.3) is 0 Å². The third kappa shape index (κ3) is 6.58. The molecule has 5 rings (SSSR count). The molecule has 0 aromatic carbocycles. The SMILES string of the molecule is COC1CC(C2OC3CC(O)CC4OC(C(=O)O)CC(C2OC2OC(COC(C)=O)C(O)C(O)C2O)C43)CC(OC)C1O. The second kappa shape index (κ2) is 13.5. The van der Waals surface area contributed by atoms with Crippen molar-refractivity contribution in [3.05, 3.63) is 0 Å². The number of carbonyl (C=O) groups excluding carboxylic acids is 1. The van der Waals surface area contributed by atoms with Crippen molar-refractivity contribution in [2.24, 2.45) is 17.8 Å². The molecule has 6 N–H and O–H groups in total. The van der Waals surface area contributed by atoms with Crippen molar-refractivity contribution in [3.63, 3.8) is 0 Å². The molecule has 0 radical (unpaired) electrons. The van der Waals surface area contributed by atoms with E-state index in [1.54, 1.807) is 0 Å². The molecule has 246 valence electrons. The van der Waals surface area contributed by atoms with Crippen molar-refractivity contribution < 1.29 is 73.4 Å². The summed E-state index contributed by atoms with van der Waals surface area (Å²) < 4.78 is 41.0. The molecule has 5 fully saturated rings. The molecule has 3 saturated heterocycles. The minimum atomic E-state index is -1.70. The fourth-order valence-corrected chi connectivity index (χ4v) is 7.77. The van der Waals surface area contributed by atoms with Gasteiger partial charge in [-0.2, -0.15) is 0 Å². The highest BCUT2D eigenvalue weighted by Crippen LogP contribution is 2.51. The van der Waals surface area contributed by atoms with Gasteiger partial charge in [0.15, 0.2) is 12.4 Å². The normalized spacial score (nSPS) is 50.0. The number of aliphatic hydroxyl groups is 5. The molecule has 2 saturated carbocycles. The third-order valence-corrected chi connectivity index (χ3v) is 9.85. The second-order valence-corrected chi connectivity index (χ2v) is 12.4. The van der Waals surface area contributed by atoms with Crippen LogP contribution in [-0.4, -0.2) is 149 Å². The Morgan fingerprint density at radius 1 is 0.791 bits per heavy atom. The van der Waals surface area contributed by atoms with Gasteiger partial charge in [-0.05, 0) is 37.5 Å². The van der Waals surface area contributed by atoms with Crippen LogP contribution >= 0.6 is 0 Å². The predicted molar refractivity (Wildman–Crippen MR) is 140 cm³/mol. The van der Waals surface area contributed by atoms with E-state index in [1.165, 1.54) is 21.1 Å².